The quantitative estimate of drug-likeness (QED) is 0.854. The van der Waals surface area contributed by atoms with Crippen LogP contribution in [-0.2, 0) is 4.79 Å². The number of ether oxygens (including phenoxy) is 1. The fourth-order valence-corrected chi connectivity index (χ4v) is 2.41. The van der Waals surface area contributed by atoms with Crippen molar-refractivity contribution in [1.29, 1.82) is 0 Å². The van der Waals surface area contributed by atoms with Crippen LogP contribution in [0, 0.1) is 0 Å². The van der Waals surface area contributed by atoms with Crippen LogP contribution in [0.4, 0.5) is 6.01 Å². The number of methoxy groups -OCH3 is 1. The standard InChI is InChI=1S/C15H18N4O3/c1-11(20)18-7-9-19(10-8-18)15-16-14(17-22-15)12-3-5-13(21-2)6-4-12/h3-6H,7-10H2,1-2H3. The van der Waals surface area contributed by atoms with Crippen LogP contribution in [0.2, 0.25) is 0 Å². The largest absolute Gasteiger partial charge is 0.497 e. The number of carbonyl (C=O) groups excluding carboxylic acids is 1. The second kappa shape index (κ2) is 6.05. The highest BCUT2D eigenvalue weighted by Gasteiger charge is 2.22. The number of piperazine rings is 1. The van der Waals surface area contributed by atoms with E-state index in [0.29, 0.717) is 38.0 Å². The van der Waals surface area contributed by atoms with Gasteiger partial charge in [0.15, 0.2) is 0 Å². The van der Waals surface area contributed by atoms with Crippen LogP contribution in [0.5, 0.6) is 5.75 Å². The van der Waals surface area contributed by atoms with Gasteiger partial charge in [0, 0.05) is 38.7 Å². The molecule has 3 rings (SSSR count). The molecule has 0 unspecified atom stereocenters. The Bertz CT molecular complexity index is 645. The van der Waals surface area contributed by atoms with Crippen LogP contribution < -0.4 is 9.64 Å². The summed E-state index contributed by atoms with van der Waals surface area (Å²) in [6.45, 7) is 4.34. The Morgan fingerprint density at radius 1 is 1.18 bits per heavy atom. The van der Waals surface area contributed by atoms with Gasteiger partial charge in [-0.25, -0.2) is 0 Å². The van der Waals surface area contributed by atoms with Crippen LogP contribution in [-0.4, -0.2) is 54.2 Å². The molecule has 0 atom stereocenters. The lowest BCUT2D eigenvalue weighted by molar-refractivity contribution is -0.129. The van der Waals surface area contributed by atoms with Gasteiger partial charge in [0.2, 0.25) is 11.7 Å². The lowest BCUT2D eigenvalue weighted by Gasteiger charge is -2.32. The van der Waals surface area contributed by atoms with E-state index in [2.05, 4.69) is 10.1 Å². The maximum atomic E-state index is 11.3. The van der Waals surface area contributed by atoms with Crippen LogP contribution in [0.25, 0.3) is 11.4 Å². The fraction of sp³-hybridized carbons (Fsp3) is 0.400. The second-order valence-corrected chi connectivity index (χ2v) is 5.12. The first-order valence-electron chi connectivity index (χ1n) is 7.16. The van der Waals surface area contributed by atoms with E-state index in [1.807, 2.05) is 34.1 Å². The van der Waals surface area contributed by atoms with Crippen molar-refractivity contribution in [1.82, 2.24) is 15.0 Å². The Kier molecular flexibility index (Phi) is 3.95. The van der Waals surface area contributed by atoms with Crippen molar-refractivity contribution in [3.63, 3.8) is 0 Å². The summed E-state index contributed by atoms with van der Waals surface area (Å²) in [7, 11) is 1.63. The third-order valence-corrected chi connectivity index (χ3v) is 3.76. The molecular weight excluding hydrogens is 284 g/mol. The Morgan fingerprint density at radius 3 is 2.45 bits per heavy atom. The highest BCUT2D eigenvalue weighted by Crippen LogP contribution is 2.22. The molecule has 22 heavy (non-hydrogen) atoms. The van der Waals surface area contributed by atoms with Crippen LogP contribution >= 0.6 is 0 Å². The summed E-state index contributed by atoms with van der Waals surface area (Å²) in [5, 5.41) is 4.02. The number of rotatable bonds is 3. The first-order chi connectivity index (χ1) is 10.7. The molecule has 2 aromatic rings. The maximum absolute atomic E-state index is 11.3. The minimum Gasteiger partial charge on any atom is -0.497 e. The zero-order valence-corrected chi connectivity index (χ0v) is 12.7. The molecule has 1 aromatic heterocycles. The van der Waals surface area contributed by atoms with Gasteiger partial charge in [-0.2, -0.15) is 4.98 Å². The van der Waals surface area contributed by atoms with Gasteiger partial charge in [0.05, 0.1) is 7.11 Å². The SMILES string of the molecule is COc1ccc(-c2noc(N3CCN(C(C)=O)CC3)n2)cc1. The number of hydrogen-bond acceptors (Lipinski definition) is 6. The summed E-state index contributed by atoms with van der Waals surface area (Å²) in [6, 6.07) is 7.99. The predicted molar refractivity (Wildman–Crippen MR) is 80.8 cm³/mol. The summed E-state index contributed by atoms with van der Waals surface area (Å²) < 4.78 is 10.5. The summed E-state index contributed by atoms with van der Waals surface area (Å²) >= 11 is 0. The molecule has 1 aliphatic rings. The number of carbonyl (C=O) groups is 1. The fourth-order valence-electron chi connectivity index (χ4n) is 2.41. The minimum absolute atomic E-state index is 0.101. The Hall–Kier alpha value is -2.57. The van der Waals surface area contributed by atoms with Crippen molar-refractivity contribution in [3.8, 4) is 17.1 Å². The first-order valence-corrected chi connectivity index (χ1v) is 7.16. The van der Waals surface area contributed by atoms with Crippen LogP contribution in [0.1, 0.15) is 6.92 Å². The molecule has 2 heterocycles. The van der Waals surface area contributed by atoms with Crippen molar-refractivity contribution in [2.75, 3.05) is 38.2 Å². The zero-order chi connectivity index (χ0) is 15.5. The van der Waals surface area contributed by atoms with Gasteiger partial charge in [-0.15, -0.1) is 0 Å². The second-order valence-electron chi connectivity index (χ2n) is 5.12. The van der Waals surface area contributed by atoms with E-state index < -0.39 is 0 Å². The number of anilines is 1. The van der Waals surface area contributed by atoms with Crippen molar-refractivity contribution in [3.05, 3.63) is 24.3 Å². The van der Waals surface area contributed by atoms with Crippen molar-refractivity contribution in [2.45, 2.75) is 6.92 Å². The van der Waals surface area contributed by atoms with E-state index in [4.69, 9.17) is 9.26 Å². The van der Waals surface area contributed by atoms with Gasteiger partial charge in [-0.05, 0) is 24.3 Å². The molecule has 1 saturated heterocycles. The molecular formula is C15H18N4O3. The highest BCUT2D eigenvalue weighted by atomic mass is 16.5. The molecule has 1 aliphatic heterocycles. The monoisotopic (exact) mass is 302 g/mol. The number of nitrogens with zero attached hydrogens (tertiary/aromatic N) is 4. The van der Waals surface area contributed by atoms with Gasteiger partial charge < -0.3 is 19.1 Å². The third kappa shape index (κ3) is 2.88. The molecule has 7 nitrogen and oxygen atoms in total. The molecule has 0 bridgehead atoms. The number of hydrogen-bond donors (Lipinski definition) is 0. The first kappa shape index (κ1) is 14.4. The zero-order valence-electron chi connectivity index (χ0n) is 12.7. The summed E-state index contributed by atoms with van der Waals surface area (Å²) in [5.41, 5.74) is 0.873. The van der Waals surface area contributed by atoms with Gasteiger partial charge >= 0.3 is 6.01 Å². The average molecular weight is 302 g/mol. The Labute approximate surface area is 128 Å². The van der Waals surface area contributed by atoms with E-state index >= 15 is 0 Å². The molecule has 0 aliphatic carbocycles. The summed E-state index contributed by atoms with van der Waals surface area (Å²) in [6.07, 6.45) is 0. The summed E-state index contributed by atoms with van der Waals surface area (Å²) in [5.74, 6) is 1.43. The van der Waals surface area contributed by atoms with E-state index in [9.17, 15) is 4.79 Å². The average Bonchev–Trinajstić information content (AvgIpc) is 3.05. The van der Waals surface area contributed by atoms with Crippen LogP contribution in [0.15, 0.2) is 28.8 Å². The lowest BCUT2D eigenvalue weighted by atomic mass is 10.2. The van der Waals surface area contributed by atoms with Gasteiger partial charge in [0.25, 0.3) is 0 Å². The van der Waals surface area contributed by atoms with E-state index in [1.165, 1.54) is 0 Å². The van der Waals surface area contributed by atoms with Crippen molar-refractivity contribution >= 4 is 11.9 Å². The smallest absolute Gasteiger partial charge is 0.324 e. The van der Waals surface area contributed by atoms with Crippen molar-refractivity contribution < 1.29 is 14.1 Å². The molecule has 1 aromatic carbocycles. The number of aromatic nitrogens is 2. The summed E-state index contributed by atoms with van der Waals surface area (Å²) in [4.78, 5) is 19.6. The van der Waals surface area contributed by atoms with Crippen LogP contribution in [0.3, 0.4) is 0 Å². The molecule has 1 fully saturated rings. The molecule has 0 radical (unpaired) electrons. The lowest BCUT2D eigenvalue weighted by Crippen LogP contribution is -2.48. The molecule has 0 N–H and O–H groups in total. The van der Waals surface area contributed by atoms with Crippen molar-refractivity contribution in [2.24, 2.45) is 0 Å². The predicted octanol–water partition coefficient (Wildman–Crippen LogP) is 1.41. The van der Waals surface area contributed by atoms with Gasteiger partial charge in [-0.1, -0.05) is 5.16 Å². The maximum Gasteiger partial charge on any atom is 0.324 e. The van der Waals surface area contributed by atoms with Gasteiger partial charge in [-0.3, -0.25) is 4.79 Å². The normalized spacial score (nSPS) is 15.0. The molecule has 116 valence electrons. The number of amides is 1. The number of benzene rings is 1. The highest BCUT2D eigenvalue weighted by molar-refractivity contribution is 5.73. The molecule has 0 saturated carbocycles. The molecule has 0 spiro atoms. The van der Waals surface area contributed by atoms with E-state index in [0.717, 1.165) is 11.3 Å². The van der Waals surface area contributed by atoms with E-state index in [1.54, 1.807) is 14.0 Å². The van der Waals surface area contributed by atoms with E-state index in [-0.39, 0.29) is 5.91 Å². The molecule has 7 heteroatoms. The topological polar surface area (TPSA) is 71.7 Å². The minimum atomic E-state index is 0.101. The Balaban J connectivity index is 1.70. The molecule has 1 amide bonds. The van der Waals surface area contributed by atoms with Gasteiger partial charge in [0.1, 0.15) is 5.75 Å². The Morgan fingerprint density at radius 2 is 1.86 bits per heavy atom. The third-order valence-electron chi connectivity index (χ3n) is 3.76.